The SMILES string of the molecule is CC(C)Cn1nc(C(=O)OCc2cc(=O)n3ccsc3n2)c2ccccc2c1=O. The number of fused-ring (bicyclic) bond motifs is 2. The fourth-order valence-corrected chi connectivity index (χ4v) is 3.76. The van der Waals surface area contributed by atoms with E-state index in [4.69, 9.17) is 4.74 Å². The van der Waals surface area contributed by atoms with Gasteiger partial charge in [-0.15, -0.1) is 11.3 Å². The number of aromatic nitrogens is 4. The summed E-state index contributed by atoms with van der Waals surface area (Å²) in [5.41, 5.74) is -0.0691. The minimum atomic E-state index is -0.674. The highest BCUT2D eigenvalue weighted by Crippen LogP contribution is 2.16. The minimum Gasteiger partial charge on any atom is -0.454 e. The molecule has 0 fully saturated rings. The molecule has 4 rings (SSSR count). The van der Waals surface area contributed by atoms with Gasteiger partial charge in [0.25, 0.3) is 11.1 Å². The maximum absolute atomic E-state index is 12.8. The fourth-order valence-electron chi connectivity index (χ4n) is 3.03. The van der Waals surface area contributed by atoms with Crippen LogP contribution in [-0.2, 0) is 17.9 Å². The maximum Gasteiger partial charge on any atom is 0.359 e. The molecule has 0 saturated carbocycles. The van der Waals surface area contributed by atoms with Crippen LogP contribution in [0.4, 0.5) is 0 Å². The summed E-state index contributed by atoms with van der Waals surface area (Å²) in [6.45, 7) is 4.15. The number of ether oxygens (including phenoxy) is 1. The van der Waals surface area contributed by atoms with E-state index in [9.17, 15) is 14.4 Å². The van der Waals surface area contributed by atoms with Gasteiger partial charge in [-0.3, -0.25) is 14.0 Å². The lowest BCUT2D eigenvalue weighted by molar-refractivity contribution is 0.0460. The van der Waals surface area contributed by atoms with Crippen molar-refractivity contribution < 1.29 is 9.53 Å². The van der Waals surface area contributed by atoms with Crippen molar-refractivity contribution in [2.45, 2.75) is 27.0 Å². The first-order valence-corrected chi connectivity index (χ1v) is 9.95. The van der Waals surface area contributed by atoms with Gasteiger partial charge in [0, 0.05) is 29.6 Å². The molecule has 9 heteroatoms. The topological polar surface area (TPSA) is 95.6 Å². The van der Waals surface area contributed by atoms with Crippen molar-refractivity contribution in [3.8, 4) is 0 Å². The van der Waals surface area contributed by atoms with Crippen LogP contribution in [0.25, 0.3) is 15.7 Å². The number of esters is 1. The lowest BCUT2D eigenvalue weighted by Crippen LogP contribution is -2.28. The predicted octanol–water partition coefficient (Wildman–Crippen LogP) is 2.48. The lowest BCUT2D eigenvalue weighted by atomic mass is 10.1. The van der Waals surface area contributed by atoms with E-state index in [1.807, 2.05) is 13.8 Å². The fraction of sp³-hybridized carbons (Fsp3) is 0.250. The summed E-state index contributed by atoms with van der Waals surface area (Å²) in [7, 11) is 0. The molecule has 0 atom stereocenters. The van der Waals surface area contributed by atoms with Crippen molar-refractivity contribution in [1.82, 2.24) is 19.2 Å². The third-order valence-corrected chi connectivity index (χ3v) is 5.06. The zero-order valence-electron chi connectivity index (χ0n) is 15.9. The van der Waals surface area contributed by atoms with Crippen LogP contribution in [0.15, 0.2) is 51.5 Å². The average Bonchev–Trinajstić information content (AvgIpc) is 3.17. The lowest BCUT2D eigenvalue weighted by Gasteiger charge is -2.12. The summed E-state index contributed by atoms with van der Waals surface area (Å²) in [6, 6.07) is 8.15. The molecule has 0 N–H and O–H groups in total. The highest BCUT2D eigenvalue weighted by Gasteiger charge is 2.19. The highest BCUT2D eigenvalue weighted by atomic mass is 32.1. The van der Waals surface area contributed by atoms with E-state index in [0.717, 1.165) is 0 Å². The van der Waals surface area contributed by atoms with E-state index < -0.39 is 5.97 Å². The van der Waals surface area contributed by atoms with Gasteiger partial charge in [0.15, 0.2) is 10.7 Å². The molecule has 4 aromatic rings. The van der Waals surface area contributed by atoms with Crippen LogP contribution in [0.2, 0.25) is 0 Å². The molecule has 3 aromatic heterocycles. The first kappa shape index (κ1) is 19.0. The molecule has 148 valence electrons. The van der Waals surface area contributed by atoms with Crippen LogP contribution in [0, 0.1) is 5.92 Å². The van der Waals surface area contributed by atoms with Crippen molar-refractivity contribution >= 4 is 33.0 Å². The molecule has 0 unspecified atom stereocenters. The number of hydrogen-bond acceptors (Lipinski definition) is 7. The minimum absolute atomic E-state index is 0.0646. The molecule has 0 amide bonds. The van der Waals surface area contributed by atoms with Gasteiger partial charge >= 0.3 is 5.97 Å². The van der Waals surface area contributed by atoms with Gasteiger partial charge in [0.05, 0.1) is 11.1 Å². The summed E-state index contributed by atoms with van der Waals surface area (Å²) >= 11 is 1.32. The van der Waals surface area contributed by atoms with E-state index in [0.29, 0.717) is 28.0 Å². The van der Waals surface area contributed by atoms with Crippen molar-refractivity contribution in [2.24, 2.45) is 5.92 Å². The Kier molecular flexibility index (Phi) is 4.98. The van der Waals surface area contributed by atoms with Gasteiger partial charge in [-0.2, -0.15) is 5.10 Å². The van der Waals surface area contributed by atoms with Crippen LogP contribution in [0.5, 0.6) is 0 Å². The molecule has 29 heavy (non-hydrogen) atoms. The molecule has 0 aliphatic heterocycles. The maximum atomic E-state index is 12.8. The second kappa shape index (κ2) is 7.59. The van der Waals surface area contributed by atoms with Gasteiger partial charge in [-0.1, -0.05) is 32.0 Å². The number of thiazole rings is 1. The van der Waals surface area contributed by atoms with E-state index in [2.05, 4.69) is 10.1 Å². The highest BCUT2D eigenvalue weighted by molar-refractivity contribution is 7.15. The normalized spacial score (nSPS) is 11.4. The first-order valence-electron chi connectivity index (χ1n) is 9.07. The van der Waals surface area contributed by atoms with Crippen LogP contribution in [-0.4, -0.2) is 25.1 Å². The van der Waals surface area contributed by atoms with Gasteiger partial charge in [-0.05, 0) is 12.0 Å². The number of carbonyl (C=O) groups is 1. The quantitative estimate of drug-likeness (QED) is 0.469. The summed E-state index contributed by atoms with van der Waals surface area (Å²) in [4.78, 5) is 42.4. The number of carbonyl (C=O) groups excluding carboxylic acids is 1. The predicted molar refractivity (Wildman–Crippen MR) is 109 cm³/mol. The molecule has 0 aliphatic carbocycles. The molecule has 0 saturated heterocycles. The van der Waals surface area contributed by atoms with Crippen LogP contribution >= 0.6 is 11.3 Å². The van der Waals surface area contributed by atoms with E-state index in [-0.39, 0.29) is 29.3 Å². The molecule has 0 bridgehead atoms. The zero-order chi connectivity index (χ0) is 20.5. The third kappa shape index (κ3) is 3.68. The Labute approximate surface area is 169 Å². The molecule has 0 aliphatic rings. The van der Waals surface area contributed by atoms with E-state index >= 15 is 0 Å². The van der Waals surface area contributed by atoms with Crippen molar-refractivity contribution in [3.63, 3.8) is 0 Å². The van der Waals surface area contributed by atoms with Crippen LogP contribution in [0.3, 0.4) is 0 Å². The van der Waals surface area contributed by atoms with Crippen molar-refractivity contribution in [3.05, 3.63) is 74.0 Å². The Morgan fingerprint density at radius 1 is 1.21 bits per heavy atom. The smallest absolute Gasteiger partial charge is 0.359 e. The number of hydrogen-bond donors (Lipinski definition) is 0. The Morgan fingerprint density at radius 2 is 1.97 bits per heavy atom. The first-order chi connectivity index (χ1) is 13.9. The summed E-state index contributed by atoms with van der Waals surface area (Å²) in [6.07, 6.45) is 1.64. The molecular formula is C20H18N4O4S. The van der Waals surface area contributed by atoms with E-state index in [1.165, 1.54) is 26.5 Å². The van der Waals surface area contributed by atoms with Crippen LogP contribution < -0.4 is 11.1 Å². The van der Waals surface area contributed by atoms with Gasteiger partial charge in [0.1, 0.15) is 6.61 Å². The van der Waals surface area contributed by atoms with Gasteiger partial charge < -0.3 is 4.74 Å². The van der Waals surface area contributed by atoms with Gasteiger partial charge in [-0.25, -0.2) is 14.5 Å². The molecular weight excluding hydrogens is 392 g/mol. The summed E-state index contributed by atoms with van der Waals surface area (Å²) in [5.74, 6) is -0.494. The van der Waals surface area contributed by atoms with Crippen LogP contribution in [0.1, 0.15) is 30.0 Å². The largest absolute Gasteiger partial charge is 0.454 e. The van der Waals surface area contributed by atoms with Crippen molar-refractivity contribution in [2.75, 3.05) is 0 Å². The number of benzene rings is 1. The molecule has 0 radical (unpaired) electrons. The molecule has 0 spiro atoms. The summed E-state index contributed by atoms with van der Waals surface area (Å²) < 4.78 is 8.10. The zero-order valence-corrected chi connectivity index (χ0v) is 16.7. The Balaban J connectivity index is 1.67. The molecule has 1 aromatic carbocycles. The molecule has 8 nitrogen and oxygen atoms in total. The van der Waals surface area contributed by atoms with E-state index in [1.54, 1.807) is 35.8 Å². The average molecular weight is 410 g/mol. The number of rotatable bonds is 5. The second-order valence-corrected chi connectivity index (χ2v) is 7.87. The number of nitrogens with zero attached hydrogens (tertiary/aromatic N) is 4. The standard InChI is InChI=1S/C20H18N4O4S/c1-12(2)10-24-18(26)15-6-4-3-5-14(15)17(22-24)19(27)28-11-13-9-16(25)23-7-8-29-20(23)21-13/h3-9,12H,10-11H2,1-2H3. The van der Waals surface area contributed by atoms with Gasteiger partial charge in [0.2, 0.25) is 0 Å². The third-order valence-electron chi connectivity index (χ3n) is 4.31. The monoisotopic (exact) mass is 410 g/mol. The second-order valence-electron chi connectivity index (χ2n) is 6.99. The van der Waals surface area contributed by atoms with Crippen molar-refractivity contribution in [1.29, 1.82) is 0 Å². The Morgan fingerprint density at radius 3 is 2.72 bits per heavy atom. The Hall–Kier alpha value is -3.33. The summed E-state index contributed by atoms with van der Waals surface area (Å²) in [5, 5.41) is 6.86. The Bertz CT molecular complexity index is 1340. The molecule has 3 heterocycles.